The number of thioether (sulfide) groups is 1. The van der Waals surface area contributed by atoms with Crippen LogP contribution in [0.1, 0.15) is 10.4 Å². The van der Waals surface area contributed by atoms with E-state index < -0.39 is 11.4 Å². The van der Waals surface area contributed by atoms with Crippen LogP contribution in [0.4, 0.5) is 13.2 Å². The van der Waals surface area contributed by atoms with Crippen LogP contribution in [0.25, 0.3) is 0 Å². The maximum absolute atomic E-state index is 11.8. The van der Waals surface area contributed by atoms with Crippen LogP contribution in [0.3, 0.4) is 0 Å². The zero-order valence-electron chi connectivity index (χ0n) is 8.85. The van der Waals surface area contributed by atoms with Gasteiger partial charge in [-0.15, -0.1) is 0 Å². The smallest absolute Gasteiger partial charge is 0.351 e. The van der Waals surface area contributed by atoms with Crippen molar-refractivity contribution in [2.45, 2.75) is 5.51 Å². The highest BCUT2D eigenvalue weighted by molar-refractivity contribution is 9.10. The largest absolute Gasteiger partial charge is 0.441 e. The van der Waals surface area contributed by atoms with Gasteiger partial charge < -0.3 is 5.32 Å². The number of nitrogens with one attached hydrogen (secondary N) is 1. The van der Waals surface area contributed by atoms with E-state index in [2.05, 4.69) is 21.2 Å². The number of carbonyl (C=O) groups is 1. The first-order chi connectivity index (χ1) is 8.29. The Bertz CT molecular complexity index is 442. The molecule has 0 spiro atoms. The highest BCUT2D eigenvalue weighted by Gasteiger charge is 2.27. The number of carbonyl (C=O) groups excluding carboxylic acids is 1. The maximum Gasteiger partial charge on any atom is 0.441 e. The lowest BCUT2D eigenvalue weighted by Crippen LogP contribution is -2.26. The number of halogens is 5. The monoisotopic (exact) mass is 361 g/mol. The topological polar surface area (TPSA) is 29.1 Å². The number of amides is 1. The highest BCUT2D eigenvalue weighted by Crippen LogP contribution is 2.29. The molecule has 0 saturated carbocycles. The van der Waals surface area contributed by atoms with Crippen LogP contribution in [0.2, 0.25) is 5.02 Å². The van der Waals surface area contributed by atoms with Gasteiger partial charge in [0.1, 0.15) is 0 Å². The molecular weight excluding hydrogens is 355 g/mol. The van der Waals surface area contributed by atoms with Crippen molar-refractivity contribution in [3.05, 3.63) is 33.3 Å². The lowest BCUT2D eigenvalue weighted by molar-refractivity contribution is -0.0327. The minimum absolute atomic E-state index is 0.0588. The van der Waals surface area contributed by atoms with E-state index in [0.29, 0.717) is 15.1 Å². The molecule has 18 heavy (non-hydrogen) atoms. The molecule has 1 aromatic rings. The fraction of sp³-hybridized carbons (Fsp3) is 0.300. The fourth-order valence-corrected chi connectivity index (χ4v) is 1.93. The predicted octanol–water partition coefficient (Wildman–Crippen LogP) is 4.09. The third-order valence-electron chi connectivity index (χ3n) is 1.84. The Hall–Kier alpha value is -0.400. The van der Waals surface area contributed by atoms with Gasteiger partial charge in [0.05, 0.1) is 5.02 Å². The van der Waals surface area contributed by atoms with Crippen molar-refractivity contribution in [2.24, 2.45) is 0 Å². The summed E-state index contributed by atoms with van der Waals surface area (Å²) >= 11 is 8.80. The van der Waals surface area contributed by atoms with Gasteiger partial charge in [-0.25, -0.2) is 0 Å². The Balaban J connectivity index is 2.43. The Labute approximate surface area is 119 Å². The molecule has 1 N–H and O–H groups in total. The van der Waals surface area contributed by atoms with Crippen LogP contribution in [-0.4, -0.2) is 23.7 Å². The van der Waals surface area contributed by atoms with Gasteiger partial charge in [-0.1, -0.05) is 11.6 Å². The molecule has 0 atom stereocenters. The van der Waals surface area contributed by atoms with Crippen LogP contribution >= 0.6 is 39.3 Å². The average molecular weight is 363 g/mol. The number of hydrogen-bond donors (Lipinski definition) is 1. The molecule has 0 bridgehead atoms. The van der Waals surface area contributed by atoms with Gasteiger partial charge in [0.2, 0.25) is 0 Å². The number of alkyl halides is 3. The van der Waals surface area contributed by atoms with Gasteiger partial charge in [-0.3, -0.25) is 4.79 Å². The van der Waals surface area contributed by atoms with Crippen molar-refractivity contribution >= 4 is 45.2 Å². The van der Waals surface area contributed by atoms with E-state index in [4.69, 9.17) is 11.6 Å². The number of hydrogen-bond acceptors (Lipinski definition) is 2. The van der Waals surface area contributed by atoms with E-state index in [9.17, 15) is 18.0 Å². The molecule has 2 nitrogen and oxygen atoms in total. The minimum atomic E-state index is -4.27. The average Bonchev–Trinajstić information content (AvgIpc) is 2.26. The summed E-state index contributed by atoms with van der Waals surface area (Å²) in [6, 6.07) is 4.57. The molecule has 0 aromatic heterocycles. The first-order valence-electron chi connectivity index (χ1n) is 4.73. The lowest BCUT2D eigenvalue weighted by atomic mass is 10.2. The van der Waals surface area contributed by atoms with E-state index >= 15 is 0 Å². The zero-order valence-corrected chi connectivity index (χ0v) is 12.0. The Morgan fingerprint density at radius 2 is 2.11 bits per heavy atom. The van der Waals surface area contributed by atoms with Crippen LogP contribution < -0.4 is 5.32 Å². The summed E-state index contributed by atoms with van der Waals surface area (Å²) < 4.78 is 36.1. The molecule has 1 rings (SSSR count). The van der Waals surface area contributed by atoms with Gasteiger partial charge in [-0.05, 0) is 45.9 Å². The molecule has 0 heterocycles. The number of benzene rings is 1. The fourth-order valence-electron chi connectivity index (χ4n) is 1.07. The van der Waals surface area contributed by atoms with Gasteiger partial charge in [0, 0.05) is 22.3 Å². The van der Waals surface area contributed by atoms with Crippen molar-refractivity contribution in [1.82, 2.24) is 5.32 Å². The molecule has 0 aliphatic rings. The second kappa shape index (κ2) is 6.68. The summed E-state index contributed by atoms with van der Waals surface area (Å²) in [7, 11) is 0. The van der Waals surface area contributed by atoms with Gasteiger partial charge >= 0.3 is 5.51 Å². The maximum atomic E-state index is 11.8. The van der Waals surface area contributed by atoms with Gasteiger partial charge in [0.25, 0.3) is 5.91 Å². The van der Waals surface area contributed by atoms with E-state index in [1.807, 2.05) is 0 Å². The van der Waals surface area contributed by atoms with Gasteiger partial charge in [0.15, 0.2) is 0 Å². The number of rotatable bonds is 4. The molecule has 0 aliphatic carbocycles. The van der Waals surface area contributed by atoms with E-state index in [-0.39, 0.29) is 24.1 Å². The molecular formula is C10H8BrClF3NOS. The third-order valence-corrected chi connectivity index (χ3v) is 3.80. The Kier molecular flexibility index (Phi) is 5.81. The van der Waals surface area contributed by atoms with Crippen molar-refractivity contribution in [3.63, 3.8) is 0 Å². The molecule has 0 aliphatic heterocycles. The zero-order chi connectivity index (χ0) is 13.8. The quantitative estimate of drug-likeness (QED) is 0.818. The molecule has 0 unspecified atom stereocenters. The molecule has 8 heteroatoms. The summed E-state index contributed by atoms with van der Waals surface area (Å²) in [6.45, 7) is -0.0588. The lowest BCUT2D eigenvalue weighted by Gasteiger charge is -2.07. The first-order valence-corrected chi connectivity index (χ1v) is 6.89. The van der Waals surface area contributed by atoms with Crippen molar-refractivity contribution in [2.75, 3.05) is 12.3 Å². The van der Waals surface area contributed by atoms with E-state index in [0.717, 1.165) is 0 Å². The van der Waals surface area contributed by atoms with Crippen molar-refractivity contribution in [1.29, 1.82) is 0 Å². The van der Waals surface area contributed by atoms with Crippen LogP contribution in [0.15, 0.2) is 22.7 Å². The second-order valence-electron chi connectivity index (χ2n) is 3.18. The van der Waals surface area contributed by atoms with Crippen LogP contribution in [-0.2, 0) is 0 Å². The van der Waals surface area contributed by atoms with E-state index in [1.54, 1.807) is 6.07 Å². The first kappa shape index (κ1) is 15.7. The summed E-state index contributed by atoms with van der Waals surface area (Å²) in [5.74, 6) is -0.674. The molecule has 0 radical (unpaired) electrons. The van der Waals surface area contributed by atoms with Crippen molar-refractivity contribution < 1.29 is 18.0 Å². The summed E-state index contributed by atoms with van der Waals surface area (Å²) in [6.07, 6.45) is 0. The summed E-state index contributed by atoms with van der Waals surface area (Å²) in [4.78, 5) is 11.6. The van der Waals surface area contributed by atoms with Gasteiger partial charge in [-0.2, -0.15) is 13.2 Å². The van der Waals surface area contributed by atoms with Crippen LogP contribution in [0.5, 0.6) is 0 Å². The molecule has 1 amide bonds. The van der Waals surface area contributed by atoms with Crippen LogP contribution in [0, 0.1) is 0 Å². The summed E-state index contributed by atoms with van der Waals surface area (Å²) in [5.41, 5.74) is -3.97. The molecule has 0 saturated heterocycles. The molecule has 1 aromatic carbocycles. The Morgan fingerprint density at radius 3 is 2.67 bits per heavy atom. The predicted molar refractivity (Wildman–Crippen MR) is 70.0 cm³/mol. The minimum Gasteiger partial charge on any atom is -0.351 e. The second-order valence-corrected chi connectivity index (χ2v) is 5.60. The standard InChI is InChI=1S/C10H8BrClF3NOS/c11-7-2-1-6(5-8(7)12)9(17)16-3-4-18-10(13,14)15/h1-2,5H,3-4H2,(H,16,17). The highest BCUT2D eigenvalue weighted by atomic mass is 79.9. The Morgan fingerprint density at radius 1 is 1.44 bits per heavy atom. The van der Waals surface area contributed by atoms with Crippen molar-refractivity contribution in [3.8, 4) is 0 Å². The molecule has 0 fully saturated rings. The van der Waals surface area contributed by atoms with E-state index in [1.165, 1.54) is 12.1 Å². The SMILES string of the molecule is O=C(NCCSC(F)(F)F)c1ccc(Br)c(Cl)c1. The summed E-state index contributed by atoms with van der Waals surface area (Å²) in [5, 5.41) is 2.75. The normalized spacial score (nSPS) is 11.4. The molecule has 100 valence electrons. The third kappa shape index (κ3) is 5.49.